The van der Waals surface area contributed by atoms with Crippen molar-refractivity contribution in [3.63, 3.8) is 0 Å². The van der Waals surface area contributed by atoms with E-state index in [9.17, 15) is 4.79 Å². The monoisotopic (exact) mass is 250 g/mol. The van der Waals surface area contributed by atoms with Gasteiger partial charge in [0.1, 0.15) is 0 Å². The van der Waals surface area contributed by atoms with Crippen molar-refractivity contribution in [2.45, 2.75) is 19.3 Å². The van der Waals surface area contributed by atoms with Gasteiger partial charge in [0.2, 0.25) is 0 Å². The van der Waals surface area contributed by atoms with E-state index < -0.39 is 0 Å². The number of aromatic amines is 1. The number of aromatic nitrogens is 2. The van der Waals surface area contributed by atoms with Crippen molar-refractivity contribution < 1.29 is 0 Å². The first-order valence-corrected chi connectivity index (χ1v) is 6.70. The molecule has 1 fully saturated rings. The summed E-state index contributed by atoms with van der Waals surface area (Å²) in [6, 6.07) is 7.99. The van der Waals surface area contributed by atoms with Crippen LogP contribution in [-0.2, 0) is 6.42 Å². The Morgan fingerprint density at radius 2 is 2.00 bits per heavy atom. The largest absolute Gasteiger partial charge is 0.321 e. The van der Waals surface area contributed by atoms with Gasteiger partial charge in [-0.1, -0.05) is 18.2 Å². The van der Waals surface area contributed by atoms with Crippen molar-refractivity contribution in [3.05, 3.63) is 52.6 Å². The fourth-order valence-electron chi connectivity index (χ4n) is 2.78. The normalized spacial score (nSPS) is 15.2. The second-order valence-corrected chi connectivity index (χ2v) is 5.37. The zero-order chi connectivity index (χ0) is 12.8. The maximum Gasteiger partial charge on any atom is 0.257 e. The van der Waals surface area contributed by atoms with Gasteiger partial charge in [0.25, 0.3) is 5.56 Å². The number of hydrogen-bond acceptors (Lipinski definition) is 2. The SMILES string of the molecule is O=c1[nH]c2ccccc2c2c(CC3CC3)cncc12. The van der Waals surface area contributed by atoms with Gasteiger partial charge in [-0.3, -0.25) is 9.78 Å². The number of hydrogen-bond donors (Lipinski definition) is 1. The molecule has 0 spiro atoms. The number of benzene rings is 1. The summed E-state index contributed by atoms with van der Waals surface area (Å²) in [5, 5.41) is 2.91. The molecule has 19 heavy (non-hydrogen) atoms. The smallest absolute Gasteiger partial charge is 0.257 e. The van der Waals surface area contributed by atoms with Crippen LogP contribution in [0, 0.1) is 5.92 Å². The van der Waals surface area contributed by atoms with E-state index in [1.807, 2.05) is 24.4 Å². The minimum Gasteiger partial charge on any atom is -0.321 e. The van der Waals surface area contributed by atoms with Crippen molar-refractivity contribution in [2.75, 3.05) is 0 Å². The molecule has 2 aromatic heterocycles. The van der Waals surface area contributed by atoms with Crippen LogP contribution in [0.15, 0.2) is 41.5 Å². The molecule has 0 bridgehead atoms. The Morgan fingerprint density at radius 1 is 1.16 bits per heavy atom. The Labute approximate surface area is 110 Å². The van der Waals surface area contributed by atoms with Gasteiger partial charge in [0, 0.05) is 28.7 Å². The molecule has 3 aromatic rings. The third-order valence-electron chi connectivity index (χ3n) is 3.92. The van der Waals surface area contributed by atoms with Crippen LogP contribution in [-0.4, -0.2) is 9.97 Å². The van der Waals surface area contributed by atoms with E-state index in [4.69, 9.17) is 0 Å². The lowest BCUT2D eigenvalue weighted by Crippen LogP contribution is -2.08. The number of nitrogens with one attached hydrogen (secondary N) is 1. The van der Waals surface area contributed by atoms with E-state index in [-0.39, 0.29) is 5.56 Å². The van der Waals surface area contributed by atoms with Crippen molar-refractivity contribution in [1.82, 2.24) is 9.97 Å². The summed E-state index contributed by atoms with van der Waals surface area (Å²) < 4.78 is 0. The molecule has 0 saturated heterocycles. The average molecular weight is 250 g/mol. The topological polar surface area (TPSA) is 45.8 Å². The Kier molecular flexibility index (Phi) is 2.21. The summed E-state index contributed by atoms with van der Waals surface area (Å²) >= 11 is 0. The Balaban J connectivity index is 2.14. The molecular formula is C16H14N2O. The molecule has 1 aliphatic carbocycles. The first kappa shape index (κ1) is 10.7. The lowest BCUT2D eigenvalue weighted by molar-refractivity contribution is 0.834. The summed E-state index contributed by atoms with van der Waals surface area (Å²) in [5.74, 6) is 0.783. The highest BCUT2D eigenvalue weighted by molar-refractivity contribution is 6.06. The van der Waals surface area contributed by atoms with Crippen LogP contribution in [0.3, 0.4) is 0 Å². The van der Waals surface area contributed by atoms with E-state index in [2.05, 4.69) is 16.0 Å². The first-order valence-electron chi connectivity index (χ1n) is 6.70. The minimum atomic E-state index is -0.0427. The molecule has 3 heteroatoms. The number of nitrogens with zero attached hydrogens (tertiary/aromatic N) is 1. The number of H-pyrrole nitrogens is 1. The van der Waals surface area contributed by atoms with E-state index in [1.165, 1.54) is 18.4 Å². The van der Waals surface area contributed by atoms with Crippen molar-refractivity contribution in [3.8, 4) is 0 Å². The molecule has 3 nitrogen and oxygen atoms in total. The van der Waals surface area contributed by atoms with Crippen LogP contribution in [0.1, 0.15) is 18.4 Å². The number of fused-ring (bicyclic) bond motifs is 3. The average Bonchev–Trinajstić information content (AvgIpc) is 3.23. The van der Waals surface area contributed by atoms with Gasteiger partial charge in [-0.2, -0.15) is 0 Å². The molecule has 0 amide bonds. The number of rotatable bonds is 2. The highest BCUT2D eigenvalue weighted by atomic mass is 16.1. The maximum absolute atomic E-state index is 12.2. The van der Waals surface area contributed by atoms with Crippen LogP contribution < -0.4 is 5.56 Å². The molecule has 0 radical (unpaired) electrons. The first-order chi connectivity index (χ1) is 9.33. The molecule has 1 N–H and O–H groups in total. The van der Waals surface area contributed by atoms with Gasteiger partial charge in [-0.15, -0.1) is 0 Å². The van der Waals surface area contributed by atoms with Gasteiger partial charge in [-0.05, 0) is 36.8 Å². The predicted molar refractivity (Wildman–Crippen MR) is 76.3 cm³/mol. The summed E-state index contributed by atoms with van der Waals surface area (Å²) in [7, 11) is 0. The Hall–Kier alpha value is -2.16. The van der Waals surface area contributed by atoms with Crippen LogP contribution in [0.4, 0.5) is 0 Å². The molecule has 94 valence electrons. The molecule has 2 heterocycles. The van der Waals surface area contributed by atoms with E-state index in [0.717, 1.165) is 28.6 Å². The fourth-order valence-corrected chi connectivity index (χ4v) is 2.78. The molecular weight excluding hydrogens is 236 g/mol. The van der Waals surface area contributed by atoms with E-state index in [1.54, 1.807) is 6.20 Å². The highest BCUT2D eigenvalue weighted by Crippen LogP contribution is 2.35. The standard InChI is InChI=1S/C16H14N2O/c19-16-13-9-17-8-11(7-10-5-6-10)15(13)12-3-1-2-4-14(12)18-16/h1-4,8-10H,5-7H2,(H,18,19). The van der Waals surface area contributed by atoms with Gasteiger partial charge >= 0.3 is 0 Å². The van der Waals surface area contributed by atoms with Gasteiger partial charge < -0.3 is 4.98 Å². The van der Waals surface area contributed by atoms with Crippen LogP contribution >= 0.6 is 0 Å². The second-order valence-electron chi connectivity index (χ2n) is 5.37. The van der Waals surface area contributed by atoms with Crippen LogP contribution in [0.5, 0.6) is 0 Å². The highest BCUT2D eigenvalue weighted by Gasteiger charge is 2.23. The summed E-state index contributed by atoms with van der Waals surface area (Å²) in [6.45, 7) is 0. The van der Waals surface area contributed by atoms with Crippen LogP contribution in [0.25, 0.3) is 21.7 Å². The molecule has 1 aromatic carbocycles. The molecule has 1 saturated carbocycles. The molecule has 0 aliphatic heterocycles. The van der Waals surface area contributed by atoms with E-state index >= 15 is 0 Å². The minimum absolute atomic E-state index is 0.0427. The lowest BCUT2D eigenvalue weighted by atomic mass is 10.0. The molecule has 0 atom stereocenters. The zero-order valence-corrected chi connectivity index (χ0v) is 10.5. The third-order valence-corrected chi connectivity index (χ3v) is 3.92. The van der Waals surface area contributed by atoms with E-state index in [0.29, 0.717) is 5.39 Å². The molecule has 1 aliphatic rings. The fraction of sp³-hybridized carbons (Fsp3) is 0.250. The summed E-state index contributed by atoms with van der Waals surface area (Å²) in [4.78, 5) is 19.3. The van der Waals surface area contributed by atoms with Crippen molar-refractivity contribution in [2.24, 2.45) is 5.92 Å². The summed E-state index contributed by atoms with van der Waals surface area (Å²) in [6.07, 6.45) is 7.25. The predicted octanol–water partition coefficient (Wildman–Crippen LogP) is 3.03. The van der Waals surface area contributed by atoms with Crippen LogP contribution in [0.2, 0.25) is 0 Å². The number of para-hydroxylation sites is 1. The maximum atomic E-state index is 12.2. The molecule has 4 rings (SSSR count). The Bertz CT molecular complexity index is 831. The Morgan fingerprint density at radius 3 is 2.84 bits per heavy atom. The third kappa shape index (κ3) is 1.73. The van der Waals surface area contributed by atoms with Gasteiger partial charge in [0.05, 0.1) is 5.39 Å². The lowest BCUT2D eigenvalue weighted by Gasteiger charge is -2.08. The van der Waals surface area contributed by atoms with Gasteiger partial charge in [-0.25, -0.2) is 0 Å². The number of pyridine rings is 2. The summed E-state index contributed by atoms with van der Waals surface area (Å²) in [5.41, 5.74) is 2.07. The van der Waals surface area contributed by atoms with Crippen molar-refractivity contribution >= 4 is 21.7 Å². The molecule has 0 unspecified atom stereocenters. The zero-order valence-electron chi connectivity index (χ0n) is 10.5. The quantitative estimate of drug-likeness (QED) is 0.710. The second kappa shape index (κ2) is 3.92. The van der Waals surface area contributed by atoms with Gasteiger partial charge in [0.15, 0.2) is 0 Å². The van der Waals surface area contributed by atoms with Crippen molar-refractivity contribution in [1.29, 1.82) is 0 Å².